The zero-order valence-corrected chi connectivity index (χ0v) is 13.1. The number of aromatic nitrogens is 1. The van der Waals surface area contributed by atoms with Crippen LogP contribution in [0.2, 0.25) is 0 Å². The molecular formula is C16H16N4O4. The minimum absolute atomic E-state index is 0.0133. The molecule has 1 aliphatic heterocycles. The van der Waals surface area contributed by atoms with E-state index in [9.17, 15) is 14.9 Å². The average molecular weight is 328 g/mol. The normalized spacial score (nSPS) is 13.7. The number of methoxy groups -OCH3 is 1. The Hall–Kier alpha value is -3.16. The minimum Gasteiger partial charge on any atom is -0.494 e. The summed E-state index contributed by atoms with van der Waals surface area (Å²) >= 11 is 0. The van der Waals surface area contributed by atoms with Crippen molar-refractivity contribution in [1.82, 2.24) is 15.2 Å². The summed E-state index contributed by atoms with van der Waals surface area (Å²) in [5, 5.41) is 13.7. The second-order valence-electron chi connectivity index (χ2n) is 5.31. The van der Waals surface area contributed by atoms with E-state index in [1.54, 1.807) is 29.2 Å². The van der Waals surface area contributed by atoms with Crippen LogP contribution < -0.4 is 10.1 Å². The number of carbonyl (C=O) groups excluding carboxylic acids is 1. The van der Waals surface area contributed by atoms with E-state index in [4.69, 9.17) is 4.74 Å². The first-order chi connectivity index (χ1) is 11.6. The Bertz CT molecular complexity index is 793. The Balaban J connectivity index is 1.96. The van der Waals surface area contributed by atoms with Crippen LogP contribution in [0.25, 0.3) is 11.3 Å². The van der Waals surface area contributed by atoms with E-state index in [2.05, 4.69) is 10.3 Å². The summed E-state index contributed by atoms with van der Waals surface area (Å²) in [6.45, 7) is 1.61. The maximum Gasteiger partial charge on any atom is 0.317 e. The van der Waals surface area contributed by atoms with Gasteiger partial charge in [-0.15, -0.1) is 0 Å². The predicted octanol–water partition coefficient (Wildman–Crippen LogP) is 2.19. The van der Waals surface area contributed by atoms with Crippen LogP contribution in [0.5, 0.6) is 5.75 Å². The summed E-state index contributed by atoms with van der Waals surface area (Å²) in [6, 6.07) is 9.64. The molecule has 24 heavy (non-hydrogen) atoms. The number of nitrogens with zero attached hydrogens (tertiary/aromatic N) is 3. The molecule has 1 N–H and O–H groups in total. The zero-order valence-electron chi connectivity index (χ0n) is 13.1. The summed E-state index contributed by atoms with van der Waals surface area (Å²) in [7, 11) is 1.52. The van der Waals surface area contributed by atoms with Crippen molar-refractivity contribution < 1.29 is 14.5 Å². The smallest absolute Gasteiger partial charge is 0.317 e. The average Bonchev–Trinajstić information content (AvgIpc) is 3.00. The number of pyridine rings is 1. The summed E-state index contributed by atoms with van der Waals surface area (Å²) in [5.41, 5.74) is 1.78. The van der Waals surface area contributed by atoms with Crippen LogP contribution in [0, 0.1) is 10.1 Å². The van der Waals surface area contributed by atoms with Crippen LogP contribution >= 0.6 is 0 Å². The number of nitrogens with one attached hydrogen (secondary N) is 1. The maximum absolute atomic E-state index is 11.7. The molecule has 1 aromatic carbocycles. The predicted molar refractivity (Wildman–Crippen MR) is 86.7 cm³/mol. The van der Waals surface area contributed by atoms with Crippen molar-refractivity contribution in [2.24, 2.45) is 0 Å². The Morgan fingerprint density at radius 1 is 1.38 bits per heavy atom. The number of hydrogen-bond donors (Lipinski definition) is 1. The van der Waals surface area contributed by atoms with Gasteiger partial charge in [-0.2, -0.15) is 0 Å². The Morgan fingerprint density at radius 2 is 2.21 bits per heavy atom. The first-order valence-electron chi connectivity index (χ1n) is 7.40. The number of ether oxygens (including phenoxy) is 1. The molecule has 0 atom stereocenters. The van der Waals surface area contributed by atoms with Gasteiger partial charge in [-0.25, -0.2) is 9.78 Å². The van der Waals surface area contributed by atoms with Crippen LogP contribution in [-0.2, 0) is 6.54 Å². The van der Waals surface area contributed by atoms with Crippen molar-refractivity contribution in [1.29, 1.82) is 0 Å². The molecule has 2 heterocycles. The zero-order chi connectivity index (χ0) is 17.1. The fraction of sp³-hybridized carbons (Fsp3) is 0.250. The van der Waals surface area contributed by atoms with Gasteiger partial charge in [0.25, 0.3) is 5.69 Å². The Labute approximate surface area is 138 Å². The second-order valence-corrected chi connectivity index (χ2v) is 5.31. The van der Waals surface area contributed by atoms with Crippen LogP contribution in [-0.4, -0.2) is 41.0 Å². The van der Waals surface area contributed by atoms with Crippen molar-refractivity contribution >= 4 is 11.7 Å². The van der Waals surface area contributed by atoms with Crippen LogP contribution in [0.4, 0.5) is 10.5 Å². The molecule has 0 saturated carbocycles. The molecule has 1 saturated heterocycles. The molecule has 1 fully saturated rings. The molecule has 0 aliphatic carbocycles. The SMILES string of the molecule is COc1ccc(CN2CCNC2=O)nc1-c1cccc([N+](=O)[O-])c1. The molecule has 0 unspecified atom stereocenters. The quantitative estimate of drug-likeness (QED) is 0.670. The summed E-state index contributed by atoms with van der Waals surface area (Å²) in [4.78, 5) is 28.4. The van der Waals surface area contributed by atoms with E-state index in [1.165, 1.54) is 19.2 Å². The van der Waals surface area contributed by atoms with Gasteiger partial charge < -0.3 is 15.0 Å². The Kier molecular flexibility index (Phi) is 4.28. The van der Waals surface area contributed by atoms with Gasteiger partial charge in [-0.3, -0.25) is 10.1 Å². The number of carbonyl (C=O) groups is 1. The van der Waals surface area contributed by atoms with Crippen molar-refractivity contribution in [3.05, 3.63) is 52.2 Å². The van der Waals surface area contributed by atoms with Gasteiger partial charge in [-0.1, -0.05) is 12.1 Å². The fourth-order valence-electron chi connectivity index (χ4n) is 2.57. The molecule has 0 spiro atoms. The lowest BCUT2D eigenvalue weighted by Gasteiger charge is -2.15. The standard InChI is InChI=1S/C16H16N4O4/c1-24-14-6-5-12(10-19-8-7-17-16(19)21)18-15(14)11-3-2-4-13(9-11)20(22)23/h2-6,9H,7-8,10H2,1H3,(H,17,21). The number of rotatable bonds is 5. The highest BCUT2D eigenvalue weighted by molar-refractivity contribution is 5.76. The highest BCUT2D eigenvalue weighted by Gasteiger charge is 2.21. The van der Waals surface area contributed by atoms with Gasteiger partial charge in [-0.05, 0) is 12.1 Å². The van der Waals surface area contributed by atoms with E-state index in [0.717, 1.165) is 0 Å². The largest absolute Gasteiger partial charge is 0.494 e. The highest BCUT2D eigenvalue weighted by atomic mass is 16.6. The van der Waals surface area contributed by atoms with E-state index in [0.29, 0.717) is 42.3 Å². The number of nitro groups is 1. The Morgan fingerprint density at radius 3 is 2.88 bits per heavy atom. The van der Waals surface area contributed by atoms with Gasteiger partial charge >= 0.3 is 6.03 Å². The lowest BCUT2D eigenvalue weighted by atomic mass is 10.1. The van der Waals surface area contributed by atoms with Gasteiger partial charge in [0.15, 0.2) is 0 Å². The summed E-state index contributed by atoms with van der Waals surface area (Å²) in [5.74, 6) is 0.519. The van der Waals surface area contributed by atoms with Crippen molar-refractivity contribution in [2.75, 3.05) is 20.2 Å². The molecule has 3 rings (SSSR count). The van der Waals surface area contributed by atoms with E-state index in [-0.39, 0.29) is 11.7 Å². The lowest BCUT2D eigenvalue weighted by molar-refractivity contribution is -0.384. The first kappa shape index (κ1) is 15.7. The first-order valence-corrected chi connectivity index (χ1v) is 7.40. The number of nitro benzene ring substituents is 1. The van der Waals surface area contributed by atoms with Crippen LogP contribution in [0.15, 0.2) is 36.4 Å². The fourth-order valence-corrected chi connectivity index (χ4v) is 2.57. The van der Waals surface area contributed by atoms with Crippen molar-refractivity contribution in [3.8, 4) is 17.0 Å². The van der Waals surface area contributed by atoms with Gasteiger partial charge in [0.05, 0.1) is 24.3 Å². The molecule has 2 amide bonds. The van der Waals surface area contributed by atoms with Crippen molar-refractivity contribution in [3.63, 3.8) is 0 Å². The van der Waals surface area contributed by atoms with Crippen molar-refractivity contribution in [2.45, 2.75) is 6.54 Å². The molecular weight excluding hydrogens is 312 g/mol. The molecule has 8 heteroatoms. The molecule has 1 aromatic heterocycles. The maximum atomic E-state index is 11.7. The van der Waals surface area contributed by atoms with Gasteiger partial charge in [0.1, 0.15) is 11.4 Å². The van der Waals surface area contributed by atoms with Crippen LogP contribution in [0.3, 0.4) is 0 Å². The lowest BCUT2D eigenvalue weighted by Crippen LogP contribution is -2.27. The third kappa shape index (κ3) is 3.12. The molecule has 2 aromatic rings. The van der Waals surface area contributed by atoms with E-state index < -0.39 is 4.92 Å². The summed E-state index contributed by atoms with van der Waals surface area (Å²) in [6.07, 6.45) is 0. The van der Waals surface area contributed by atoms with E-state index >= 15 is 0 Å². The highest BCUT2D eigenvalue weighted by Crippen LogP contribution is 2.30. The summed E-state index contributed by atoms with van der Waals surface area (Å²) < 4.78 is 5.32. The number of non-ortho nitro benzene ring substituents is 1. The molecule has 0 radical (unpaired) electrons. The van der Waals surface area contributed by atoms with Gasteiger partial charge in [0.2, 0.25) is 0 Å². The minimum atomic E-state index is -0.450. The third-order valence-corrected chi connectivity index (χ3v) is 3.76. The monoisotopic (exact) mass is 328 g/mol. The topological polar surface area (TPSA) is 97.6 Å². The molecule has 1 aliphatic rings. The van der Waals surface area contributed by atoms with E-state index in [1.807, 2.05) is 0 Å². The number of urea groups is 1. The number of amides is 2. The second kappa shape index (κ2) is 6.53. The molecule has 8 nitrogen and oxygen atoms in total. The number of benzene rings is 1. The number of hydrogen-bond acceptors (Lipinski definition) is 5. The van der Waals surface area contributed by atoms with Crippen LogP contribution in [0.1, 0.15) is 5.69 Å². The third-order valence-electron chi connectivity index (χ3n) is 3.76. The molecule has 124 valence electrons. The van der Waals surface area contributed by atoms with Gasteiger partial charge in [0, 0.05) is 30.8 Å². The molecule has 0 bridgehead atoms.